The summed E-state index contributed by atoms with van der Waals surface area (Å²) < 4.78 is 0. The minimum absolute atomic E-state index is 0.0870. The van der Waals surface area contributed by atoms with Crippen molar-refractivity contribution < 1.29 is 9.59 Å². The van der Waals surface area contributed by atoms with Gasteiger partial charge in [-0.05, 0) is 42.3 Å². The number of thioether (sulfide) groups is 1. The molecule has 0 bridgehead atoms. The van der Waals surface area contributed by atoms with E-state index in [1.165, 1.54) is 11.8 Å². The molecule has 1 atom stereocenters. The van der Waals surface area contributed by atoms with Crippen molar-refractivity contribution in [3.05, 3.63) is 101 Å². The smallest absolute Gasteiger partial charge is 0.242 e. The van der Waals surface area contributed by atoms with E-state index in [2.05, 4.69) is 11.4 Å². The van der Waals surface area contributed by atoms with Gasteiger partial charge in [0.05, 0.1) is 5.75 Å². The molecule has 1 unspecified atom stereocenters. The Bertz CT molecular complexity index is 1040. The molecule has 1 N–H and O–H groups in total. The number of carbonyl (C=O) groups is 2. The first kappa shape index (κ1) is 23.9. The maximum Gasteiger partial charge on any atom is 0.242 e. The molecule has 0 spiro atoms. The summed E-state index contributed by atoms with van der Waals surface area (Å²) in [6.07, 6.45) is 0.448. The number of nitrogens with one attached hydrogen (secondary N) is 1. The van der Waals surface area contributed by atoms with Crippen LogP contribution in [0.3, 0.4) is 0 Å². The van der Waals surface area contributed by atoms with Crippen LogP contribution in [-0.2, 0) is 22.6 Å². The minimum Gasteiger partial charge on any atom is -0.357 e. The van der Waals surface area contributed by atoms with Crippen molar-refractivity contribution in [1.29, 1.82) is 0 Å². The quantitative estimate of drug-likeness (QED) is 0.445. The highest BCUT2D eigenvalue weighted by Gasteiger charge is 2.29. The third-order valence-electron chi connectivity index (χ3n) is 5.13. The lowest BCUT2D eigenvalue weighted by Gasteiger charge is -2.31. The summed E-state index contributed by atoms with van der Waals surface area (Å²) in [5.74, 6) is -0.0298. The first-order valence-corrected chi connectivity index (χ1v) is 11.8. The van der Waals surface area contributed by atoms with Crippen LogP contribution in [0.5, 0.6) is 0 Å². The Hall–Kier alpha value is -2.76. The lowest BCUT2D eigenvalue weighted by Crippen LogP contribution is -2.50. The number of likely N-dealkylation sites (N-methyl/N-ethyl adjacent to an activating group) is 1. The van der Waals surface area contributed by atoms with Crippen LogP contribution < -0.4 is 5.32 Å². The summed E-state index contributed by atoms with van der Waals surface area (Å²) in [6, 6.07) is 24.6. The Morgan fingerprint density at radius 1 is 0.969 bits per heavy atom. The van der Waals surface area contributed by atoms with Crippen molar-refractivity contribution in [2.75, 3.05) is 12.8 Å². The van der Waals surface area contributed by atoms with Crippen LogP contribution in [0, 0.1) is 6.92 Å². The van der Waals surface area contributed by atoms with Crippen LogP contribution in [0.1, 0.15) is 16.7 Å². The summed E-state index contributed by atoms with van der Waals surface area (Å²) in [5.41, 5.74) is 3.12. The van der Waals surface area contributed by atoms with Crippen LogP contribution in [0.25, 0.3) is 0 Å². The Labute approximate surface area is 199 Å². The monoisotopic (exact) mass is 466 g/mol. The minimum atomic E-state index is -0.610. The van der Waals surface area contributed by atoms with Gasteiger partial charge in [0.1, 0.15) is 6.04 Å². The van der Waals surface area contributed by atoms with Gasteiger partial charge in [-0.15, -0.1) is 11.8 Å². The molecule has 0 aliphatic carbocycles. The van der Waals surface area contributed by atoms with E-state index < -0.39 is 6.04 Å². The Morgan fingerprint density at radius 2 is 1.66 bits per heavy atom. The summed E-state index contributed by atoms with van der Waals surface area (Å²) in [6.45, 7) is 2.39. The van der Waals surface area contributed by atoms with Gasteiger partial charge in [-0.2, -0.15) is 0 Å². The van der Waals surface area contributed by atoms with Crippen molar-refractivity contribution in [1.82, 2.24) is 10.2 Å². The van der Waals surface area contributed by atoms with Crippen molar-refractivity contribution in [2.24, 2.45) is 0 Å². The van der Waals surface area contributed by atoms with Crippen molar-refractivity contribution in [2.45, 2.75) is 30.8 Å². The predicted octanol–water partition coefficient (Wildman–Crippen LogP) is 5.13. The van der Waals surface area contributed by atoms with Crippen molar-refractivity contribution in [3.8, 4) is 0 Å². The van der Waals surface area contributed by atoms with E-state index in [0.29, 0.717) is 18.0 Å². The van der Waals surface area contributed by atoms with E-state index in [-0.39, 0.29) is 17.6 Å². The Balaban J connectivity index is 1.86. The Kier molecular flexibility index (Phi) is 8.77. The van der Waals surface area contributed by atoms with Gasteiger partial charge < -0.3 is 10.2 Å². The Morgan fingerprint density at radius 3 is 2.31 bits per heavy atom. The van der Waals surface area contributed by atoms with Gasteiger partial charge in [-0.3, -0.25) is 9.59 Å². The molecule has 3 aromatic rings. The van der Waals surface area contributed by atoms with Crippen LogP contribution >= 0.6 is 23.4 Å². The molecule has 0 aliphatic heterocycles. The molecular weight excluding hydrogens is 440 g/mol. The normalized spacial score (nSPS) is 11.6. The maximum absolute atomic E-state index is 13.4. The first-order chi connectivity index (χ1) is 15.5. The standard InChI is InChI=1S/C26H27ClN2O2S/c1-19-7-6-10-21(15-19)17-29(25(30)18-32-23-13-11-22(27)12-14-23)24(26(31)28-2)16-20-8-4-3-5-9-20/h3-15,24H,16-18H2,1-2H3,(H,28,31). The second kappa shape index (κ2) is 11.7. The molecule has 0 heterocycles. The SMILES string of the molecule is CNC(=O)C(Cc1ccccc1)N(Cc1cccc(C)c1)C(=O)CSc1ccc(Cl)cc1. The average Bonchev–Trinajstić information content (AvgIpc) is 2.81. The molecule has 6 heteroatoms. The molecule has 166 valence electrons. The second-order valence-corrected chi connectivity index (χ2v) is 9.06. The molecule has 0 aliphatic rings. The van der Waals surface area contributed by atoms with E-state index in [1.807, 2.05) is 79.7 Å². The van der Waals surface area contributed by atoms with Gasteiger partial charge >= 0.3 is 0 Å². The number of hydrogen-bond donors (Lipinski definition) is 1. The number of hydrogen-bond acceptors (Lipinski definition) is 3. The zero-order valence-corrected chi connectivity index (χ0v) is 19.8. The largest absolute Gasteiger partial charge is 0.357 e. The lowest BCUT2D eigenvalue weighted by molar-refractivity contribution is -0.139. The average molecular weight is 467 g/mol. The number of rotatable bonds is 9. The fourth-order valence-corrected chi connectivity index (χ4v) is 4.40. The molecule has 0 radical (unpaired) electrons. The fourth-order valence-electron chi connectivity index (χ4n) is 3.49. The topological polar surface area (TPSA) is 49.4 Å². The molecule has 2 amide bonds. The lowest BCUT2D eigenvalue weighted by atomic mass is 10.0. The zero-order chi connectivity index (χ0) is 22.9. The second-order valence-electron chi connectivity index (χ2n) is 7.57. The molecule has 0 aromatic heterocycles. The molecule has 32 heavy (non-hydrogen) atoms. The number of benzene rings is 3. The molecule has 3 rings (SSSR count). The third-order valence-corrected chi connectivity index (χ3v) is 6.38. The molecule has 0 fully saturated rings. The van der Waals surface area contributed by atoms with E-state index in [4.69, 9.17) is 11.6 Å². The van der Waals surface area contributed by atoms with Crippen molar-refractivity contribution in [3.63, 3.8) is 0 Å². The summed E-state index contributed by atoms with van der Waals surface area (Å²) in [7, 11) is 1.61. The van der Waals surface area contributed by atoms with Crippen LogP contribution in [-0.4, -0.2) is 35.6 Å². The van der Waals surface area contributed by atoms with Crippen LogP contribution in [0.15, 0.2) is 83.8 Å². The summed E-state index contributed by atoms with van der Waals surface area (Å²) >= 11 is 7.41. The zero-order valence-electron chi connectivity index (χ0n) is 18.3. The van der Waals surface area contributed by atoms with Crippen LogP contribution in [0.2, 0.25) is 5.02 Å². The van der Waals surface area contributed by atoms with E-state index in [1.54, 1.807) is 11.9 Å². The van der Waals surface area contributed by atoms with Gasteiger partial charge in [0.25, 0.3) is 0 Å². The van der Waals surface area contributed by atoms with E-state index in [0.717, 1.165) is 21.6 Å². The predicted molar refractivity (Wildman–Crippen MR) is 132 cm³/mol. The van der Waals surface area contributed by atoms with Crippen LogP contribution in [0.4, 0.5) is 0 Å². The number of amides is 2. The van der Waals surface area contributed by atoms with Gasteiger partial charge in [0.2, 0.25) is 11.8 Å². The van der Waals surface area contributed by atoms with Gasteiger partial charge in [-0.25, -0.2) is 0 Å². The first-order valence-electron chi connectivity index (χ1n) is 10.4. The molecule has 0 saturated heterocycles. The summed E-state index contributed by atoms with van der Waals surface area (Å²) in [5, 5.41) is 3.40. The van der Waals surface area contributed by atoms with E-state index in [9.17, 15) is 9.59 Å². The maximum atomic E-state index is 13.4. The van der Waals surface area contributed by atoms with E-state index >= 15 is 0 Å². The van der Waals surface area contributed by atoms with Gasteiger partial charge in [0.15, 0.2) is 0 Å². The molecule has 4 nitrogen and oxygen atoms in total. The van der Waals surface area contributed by atoms with Crippen molar-refractivity contribution >= 4 is 35.2 Å². The summed E-state index contributed by atoms with van der Waals surface area (Å²) in [4.78, 5) is 29.0. The number of nitrogens with zero attached hydrogens (tertiary/aromatic N) is 1. The molecular formula is C26H27ClN2O2S. The number of carbonyl (C=O) groups excluding carboxylic acids is 2. The highest BCUT2D eigenvalue weighted by molar-refractivity contribution is 8.00. The highest BCUT2D eigenvalue weighted by Crippen LogP contribution is 2.23. The molecule has 3 aromatic carbocycles. The third kappa shape index (κ3) is 6.87. The number of aryl methyl sites for hydroxylation is 1. The number of halogens is 1. The highest BCUT2D eigenvalue weighted by atomic mass is 35.5. The van der Waals surface area contributed by atoms with Gasteiger partial charge in [0, 0.05) is 29.9 Å². The molecule has 0 saturated carbocycles. The van der Waals surface area contributed by atoms with Gasteiger partial charge in [-0.1, -0.05) is 71.8 Å². The fraction of sp³-hybridized carbons (Fsp3) is 0.231.